The second kappa shape index (κ2) is 9.00. The molecule has 0 aromatic heterocycles. The number of thiocarbonyl (C=S) groups is 1. The van der Waals surface area contributed by atoms with Crippen molar-refractivity contribution in [3.05, 3.63) is 82.3 Å². The van der Waals surface area contributed by atoms with Crippen LogP contribution in [0.3, 0.4) is 0 Å². The zero-order valence-corrected chi connectivity index (χ0v) is 18.4. The van der Waals surface area contributed by atoms with Gasteiger partial charge in [-0.25, -0.2) is 8.42 Å². The monoisotopic (exact) mass is 465 g/mol. The van der Waals surface area contributed by atoms with Crippen molar-refractivity contribution >= 4 is 67.6 Å². The first-order chi connectivity index (χ1) is 13.7. The lowest BCUT2D eigenvalue weighted by atomic mass is 10.2. The van der Waals surface area contributed by atoms with Crippen LogP contribution in [0, 0.1) is 6.92 Å². The van der Waals surface area contributed by atoms with E-state index in [2.05, 4.69) is 15.4 Å². The zero-order valence-electron chi connectivity index (χ0n) is 15.2. The fourth-order valence-electron chi connectivity index (χ4n) is 2.49. The highest BCUT2D eigenvalue weighted by Crippen LogP contribution is 2.26. The number of hydrogen-bond acceptors (Lipinski definition) is 3. The summed E-state index contributed by atoms with van der Waals surface area (Å²) in [5, 5.41) is 7.23. The van der Waals surface area contributed by atoms with Gasteiger partial charge in [-0.1, -0.05) is 41.4 Å². The van der Waals surface area contributed by atoms with Gasteiger partial charge in [0.25, 0.3) is 10.0 Å². The Bertz CT molecular complexity index is 1150. The fourth-order valence-corrected chi connectivity index (χ4v) is 4.18. The van der Waals surface area contributed by atoms with Gasteiger partial charge >= 0.3 is 0 Å². The third-order valence-electron chi connectivity index (χ3n) is 3.99. The van der Waals surface area contributed by atoms with Crippen LogP contribution in [-0.4, -0.2) is 13.5 Å². The molecule has 0 aliphatic rings. The second-order valence-corrected chi connectivity index (χ2v) is 9.08. The van der Waals surface area contributed by atoms with E-state index in [9.17, 15) is 8.42 Å². The van der Waals surface area contributed by atoms with Crippen LogP contribution in [0.15, 0.2) is 71.6 Å². The molecule has 29 heavy (non-hydrogen) atoms. The molecule has 0 spiro atoms. The predicted octanol–water partition coefficient (Wildman–Crippen LogP) is 5.91. The maximum atomic E-state index is 12.6. The quantitative estimate of drug-likeness (QED) is 0.408. The minimum atomic E-state index is -3.70. The summed E-state index contributed by atoms with van der Waals surface area (Å²) in [6, 6.07) is 18.4. The fraction of sp³-hybridized carbons (Fsp3) is 0.0500. The Balaban J connectivity index is 1.69. The number of nitrogens with one attached hydrogen (secondary N) is 3. The highest BCUT2D eigenvalue weighted by atomic mass is 35.5. The number of benzene rings is 3. The molecule has 0 bridgehead atoms. The molecule has 0 aliphatic heterocycles. The Labute approximate surface area is 185 Å². The molecule has 0 heterocycles. The van der Waals surface area contributed by atoms with E-state index < -0.39 is 10.0 Å². The summed E-state index contributed by atoms with van der Waals surface area (Å²) >= 11 is 17.3. The predicted molar refractivity (Wildman–Crippen MR) is 125 cm³/mol. The number of hydrogen-bond donors (Lipinski definition) is 3. The first-order valence-corrected chi connectivity index (χ1v) is 11.1. The van der Waals surface area contributed by atoms with Gasteiger partial charge in [-0.2, -0.15) is 0 Å². The van der Waals surface area contributed by atoms with Crippen LogP contribution < -0.4 is 15.4 Å². The lowest BCUT2D eigenvalue weighted by Crippen LogP contribution is -2.19. The molecule has 150 valence electrons. The van der Waals surface area contributed by atoms with E-state index in [1.165, 1.54) is 12.1 Å². The third kappa shape index (κ3) is 5.61. The number of para-hydroxylation sites is 1. The third-order valence-corrected chi connectivity index (χ3v) is 6.14. The van der Waals surface area contributed by atoms with Gasteiger partial charge < -0.3 is 10.6 Å². The largest absolute Gasteiger partial charge is 0.332 e. The van der Waals surface area contributed by atoms with Crippen molar-refractivity contribution in [1.29, 1.82) is 0 Å². The van der Waals surface area contributed by atoms with Crippen molar-refractivity contribution < 1.29 is 8.42 Å². The van der Waals surface area contributed by atoms with Crippen molar-refractivity contribution in [1.82, 2.24) is 0 Å². The summed E-state index contributed by atoms with van der Waals surface area (Å²) in [5.41, 5.74) is 2.57. The molecular weight excluding hydrogens is 449 g/mol. The molecule has 0 amide bonds. The van der Waals surface area contributed by atoms with E-state index in [0.717, 1.165) is 5.56 Å². The molecule has 0 fully saturated rings. The molecule has 3 rings (SSSR count). The maximum Gasteiger partial charge on any atom is 0.261 e. The summed E-state index contributed by atoms with van der Waals surface area (Å²) in [4.78, 5) is 0.142. The van der Waals surface area contributed by atoms with Gasteiger partial charge in [-0.15, -0.1) is 0 Å². The van der Waals surface area contributed by atoms with Crippen molar-refractivity contribution in [3.8, 4) is 0 Å². The molecule has 0 aliphatic carbocycles. The summed E-state index contributed by atoms with van der Waals surface area (Å²) < 4.78 is 27.8. The van der Waals surface area contributed by atoms with Crippen molar-refractivity contribution in [2.45, 2.75) is 11.8 Å². The lowest BCUT2D eigenvalue weighted by Gasteiger charge is -2.13. The molecule has 0 unspecified atom stereocenters. The first-order valence-electron chi connectivity index (χ1n) is 8.46. The van der Waals surface area contributed by atoms with Crippen molar-refractivity contribution in [2.24, 2.45) is 0 Å². The number of aryl methyl sites for hydroxylation is 1. The smallest absolute Gasteiger partial charge is 0.261 e. The standard InChI is InChI=1S/C20H17Cl2N3O2S2/c1-13-4-2-3-5-18(13)25-29(26,27)16-9-7-15(8-10-16)23-20(28)24-19-12-14(21)6-11-17(19)22/h2-12,25H,1H3,(H2,23,24,28). The summed E-state index contributed by atoms with van der Waals surface area (Å²) in [5.74, 6) is 0. The number of sulfonamides is 1. The molecule has 3 N–H and O–H groups in total. The number of halogens is 2. The van der Waals surface area contributed by atoms with Gasteiger partial charge in [-0.3, -0.25) is 4.72 Å². The number of anilines is 3. The van der Waals surface area contributed by atoms with Crippen LogP contribution in [0.5, 0.6) is 0 Å². The number of rotatable bonds is 5. The van der Waals surface area contributed by atoms with Crippen LogP contribution in [0.2, 0.25) is 10.0 Å². The topological polar surface area (TPSA) is 70.2 Å². The van der Waals surface area contributed by atoms with Gasteiger partial charge in [-0.05, 0) is 73.2 Å². The molecule has 3 aromatic carbocycles. The van der Waals surface area contributed by atoms with E-state index in [-0.39, 0.29) is 4.90 Å². The van der Waals surface area contributed by atoms with E-state index in [1.807, 2.05) is 19.1 Å². The molecule has 3 aromatic rings. The van der Waals surface area contributed by atoms with Gasteiger partial charge in [0, 0.05) is 10.7 Å². The van der Waals surface area contributed by atoms with Crippen LogP contribution in [-0.2, 0) is 10.0 Å². The lowest BCUT2D eigenvalue weighted by molar-refractivity contribution is 0.601. The van der Waals surface area contributed by atoms with Gasteiger partial charge in [0.2, 0.25) is 0 Å². The van der Waals surface area contributed by atoms with Crippen LogP contribution >= 0.6 is 35.4 Å². The molecule has 0 saturated carbocycles. The van der Waals surface area contributed by atoms with Crippen molar-refractivity contribution in [3.63, 3.8) is 0 Å². The second-order valence-electron chi connectivity index (χ2n) is 6.15. The molecule has 9 heteroatoms. The van der Waals surface area contributed by atoms with Gasteiger partial charge in [0.05, 0.1) is 21.3 Å². The van der Waals surface area contributed by atoms with Gasteiger partial charge in [0.1, 0.15) is 0 Å². The average molecular weight is 466 g/mol. The summed E-state index contributed by atoms with van der Waals surface area (Å²) in [6.07, 6.45) is 0. The minimum absolute atomic E-state index is 0.142. The molecule has 0 radical (unpaired) electrons. The Hall–Kier alpha value is -2.32. The zero-order chi connectivity index (χ0) is 21.0. The Kier molecular flexibility index (Phi) is 6.64. The van der Waals surface area contributed by atoms with Crippen LogP contribution in [0.1, 0.15) is 5.56 Å². The van der Waals surface area contributed by atoms with E-state index in [1.54, 1.807) is 42.5 Å². The minimum Gasteiger partial charge on any atom is -0.332 e. The average Bonchev–Trinajstić information content (AvgIpc) is 2.67. The van der Waals surface area contributed by atoms with Crippen molar-refractivity contribution in [2.75, 3.05) is 15.4 Å². The normalized spacial score (nSPS) is 11.0. The summed E-state index contributed by atoms with van der Waals surface area (Å²) in [7, 11) is -3.70. The van der Waals surface area contributed by atoms with Crippen LogP contribution in [0.4, 0.5) is 17.1 Å². The molecule has 0 saturated heterocycles. The Morgan fingerprint density at radius 3 is 2.28 bits per heavy atom. The van der Waals surface area contributed by atoms with E-state index in [4.69, 9.17) is 35.4 Å². The SMILES string of the molecule is Cc1ccccc1NS(=O)(=O)c1ccc(NC(=S)Nc2cc(Cl)ccc2Cl)cc1. The summed E-state index contributed by atoms with van der Waals surface area (Å²) in [6.45, 7) is 1.84. The van der Waals surface area contributed by atoms with E-state index >= 15 is 0 Å². The molecule has 0 atom stereocenters. The highest BCUT2D eigenvalue weighted by molar-refractivity contribution is 7.92. The van der Waals surface area contributed by atoms with E-state index in [0.29, 0.717) is 32.2 Å². The molecule has 5 nitrogen and oxygen atoms in total. The Morgan fingerprint density at radius 2 is 1.59 bits per heavy atom. The van der Waals surface area contributed by atoms with Crippen LogP contribution in [0.25, 0.3) is 0 Å². The maximum absolute atomic E-state index is 12.6. The Morgan fingerprint density at radius 1 is 0.897 bits per heavy atom. The molecular formula is C20H17Cl2N3O2S2. The first kappa shape index (κ1) is 21.4. The van der Waals surface area contributed by atoms with Gasteiger partial charge in [0.15, 0.2) is 5.11 Å². The highest BCUT2D eigenvalue weighted by Gasteiger charge is 2.15.